The van der Waals surface area contributed by atoms with Crippen molar-refractivity contribution < 1.29 is 14.6 Å². The van der Waals surface area contributed by atoms with Crippen molar-refractivity contribution >= 4 is 54.8 Å². The second-order valence-electron chi connectivity index (χ2n) is 5.82. The summed E-state index contributed by atoms with van der Waals surface area (Å²) < 4.78 is 3.69. The lowest BCUT2D eigenvalue weighted by molar-refractivity contribution is -0.394. The van der Waals surface area contributed by atoms with E-state index < -0.39 is 27.1 Å². The molecule has 0 atom stereocenters. The highest BCUT2D eigenvalue weighted by molar-refractivity contribution is 9.10. The molecule has 0 spiro atoms. The number of non-ortho nitro benzene ring substituents is 2. The van der Waals surface area contributed by atoms with Crippen LogP contribution in [0.3, 0.4) is 0 Å². The summed E-state index contributed by atoms with van der Waals surface area (Å²) in [4.78, 5) is 37.7. The monoisotopic (exact) mass is 464 g/mol. The Bertz CT molecular complexity index is 1150. The molecule has 0 radical (unpaired) electrons. The summed E-state index contributed by atoms with van der Waals surface area (Å²) in [7, 11) is 0. The van der Waals surface area contributed by atoms with Gasteiger partial charge in [0.05, 0.1) is 31.7 Å². The van der Waals surface area contributed by atoms with Gasteiger partial charge in [-0.2, -0.15) is 4.99 Å². The second-order valence-corrected chi connectivity index (χ2v) is 7.74. The van der Waals surface area contributed by atoms with Gasteiger partial charge in [-0.3, -0.25) is 25.0 Å². The molecule has 0 aliphatic rings. The molecule has 0 aliphatic heterocycles. The molecule has 0 bridgehead atoms. The quantitative estimate of drug-likeness (QED) is 0.408. The standard InChI is InChI=1S/C17H13BrN4O5S/c1-2-5-20-14-4-3-11(18)8-15(14)28-17(20)19-16(23)10-6-12(21(24)25)9-13(7-10)22(26)27/h3-4,6-9H,2,5H2,1H3. The molecule has 11 heteroatoms. The number of aryl methyl sites for hydroxylation is 1. The first-order valence-corrected chi connectivity index (χ1v) is 9.73. The number of aromatic nitrogens is 1. The summed E-state index contributed by atoms with van der Waals surface area (Å²) in [5.41, 5.74) is -0.363. The molecule has 0 saturated carbocycles. The van der Waals surface area contributed by atoms with E-state index in [0.717, 1.165) is 39.3 Å². The molecule has 0 unspecified atom stereocenters. The maximum Gasteiger partial charge on any atom is 0.280 e. The number of benzene rings is 2. The van der Waals surface area contributed by atoms with Crippen molar-refractivity contribution in [2.45, 2.75) is 19.9 Å². The molecule has 28 heavy (non-hydrogen) atoms. The van der Waals surface area contributed by atoms with Gasteiger partial charge >= 0.3 is 0 Å². The Balaban J connectivity index is 2.16. The van der Waals surface area contributed by atoms with Gasteiger partial charge in [0.1, 0.15) is 0 Å². The van der Waals surface area contributed by atoms with Crippen molar-refractivity contribution in [3.05, 3.63) is 71.5 Å². The zero-order chi connectivity index (χ0) is 20.4. The van der Waals surface area contributed by atoms with Gasteiger partial charge in [-0.1, -0.05) is 34.2 Å². The molecule has 0 fully saturated rings. The third-order valence-electron chi connectivity index (χ3n) is 3.86. The van der Waals surface area contributed by atoms with E-state index in [9.17, 15) is 25.0 Å². The number of thiazole rings is 1. The molecule has 1 aromatic heterocycles. The van der Waals surface area contributed by atoms with Gasteiger partial charge in [-0.25, -0.2) is 0 Å². The number of nitro benzene ring substituents is 2. The molecule has 3 aromatic rings. The first-order chi connectivity index (χ1) is 13.3. The molecule has 9 nitrogen and oxygen atoms in total. The van der Waals surface area contributed by atoms with Crippen LogP contribution in [0.2, 0.25) is 0 Å². The number of hydrogen-bond acceptors (Lipinski definition) is 6. The summed E-state index contributed by atoms with van der Waals surface area (Å²) in [5.74, 6) is -0.776. The lowest BCUT2D eigenvalue weighted by Gasteiger charge is -2.02. The minimum absolute atomic E-state index is 0.206. The highest BCUT2D eigenvalue weighted by Crippen LogP contribution is 2.24. The molecule has 1 heterocycles. The van der Waals surface area contributed by atoms with Crippen LogP contribution >= 0.6 is 27.3 Å². The van der Waals surface area contributed by atoms with Gasteiger partial charge in [0.15, 0.2) is 4.80 Å². The van der Waals surface area contributed by atoms with Gasteiger partial charge in [0.25, 0.3) is 17.3 Å². The van der Waals surface area contributed by atoms with E-state index in [1.54, 1.807) is 0 Å². The third kappa shape index (κ3) is 3.99. The molecule has 1 amide bonds. The lowest BCUT2D eigenvalue weighted by atomic mass is 10.1. The molecular formula is C17H13BrN4O5S. The first kappa shape index (κ1) is 19.8. The van der Waals surface area contributed by atoms with Crippen LogP contribution < -0.4 is 4.80 Å². The Morgan fingerprint density at radius 2 is 1.79 bits per heavy atom. The van der Waals surface area contributed by atoms with Crippen molar-refractivity contribution in [3.63, 3.8) is 0 Å². The number of carbonyl (C=O) groups excluding carboxylic acids is 1. The number of halogens is 1. The predicted molar refractivity (Wildman–Crippen MR) is 107 cm³/mol. The largest absolute Gasteiger partial charge is 0.316 e. The van der Waals surface area contributed by atoms with Crippen molar-refractivity contribution in [2.24, 2.45) is 4.99 Å². The number of fused-ring (bicyclic) bond motifs is 1. The van der Waals surface area contributed by atoms with E-state index in [4.69, 9.17) is 0 Å². The van der Waals surface area contributed by atoms with E-state index in [-0.39, 0.29) is 5.56 Å². The van der Waals surface area contributed by atoms with E-state index >= 15 is 0 Å². The molecule has 2 aromatic carbocycles. The van der Waals surface area contributed by atoms with Gasteiger partial charge in [0.2, 0.25) is 0 Å². The summed E-state index contributed by atoms with van der Waals surface area (Å²) >= 11 is 4.71. The highest BCUT2D eigenvalue weighted by Gasteiger charge is 2.20. The van der Waals surface area contributed by atoms with E-state index in [1.165, 1.54) is 11.3 Å². The fourth-order valence-electron chi connectivity index (χ4n) is 2.65. The van der Waals surface area contributed by atoms with E-state index in [2.05, 4.69) is 20.9 Å². The van der Waals surface area contributed by atoms with Crippen LogP contribution in [0.5, 0.6) is 0 Å². The van der Waals surface area contributed by atoms with Crippen LogP contribution in [-0.4, -0.2) is 20.3 Å². The maximum absolute atomic E-state index is 12.6. The number of rotatable bonds is 5. The number of hydrogen-bond donors (Lipinski definition) is 0. The van der Waals surface area contributed by atoms with Gasteiger partial charge in [-0.15, -0.1) is 0 Å². The smallest absolute Gasteiger partial charge is 0.280 e. The predicted octanol–water partition coefficient (Wildman–Crippen LogP) is 4.43. The van der Waals surface area contributed by atoms with Crippen LogP contribution in [0.15, 0.2) is 45.9 Å². The third-order valence-corrected chi connectivity index (χ3v) is 5.39. The molecule has 144 valence electrons. The Hall–Kier alpha value is -2.92. The zero-order valence-electron chi connectivity index (χ0n) is 14.5. The number of nitrogens with zero attached hydrogens (tertiary/aromatic N) is 4. The fourth-order valence-corrected chi connectivity index (χ4v) is 4.26. The summed E-state index contributed by atoms with van der Waals surface area (Å²) in [6.45, 7) is 2.62. The fraction of sp³-hybridized carbons (Fsp3) is 0.176. The molecule has 3 rings (SSSR count). The van der Waals surface area contributed by atoms with Crippen LogP contribution in [0.1, 0.15) is 23.7 Å². The summed E-state index contributed by atoms with van der Waals surface area (Å²) in [6, 6.07) is 8.50. The number of carbonyl (C=O) groups is 1. The minimum Gasteiger partial charge on any atom is -0.316 e. The van der Waals surface area contributed by atoms with Gasteiger partial charge < -0.3 is 4.57 Å². The average Bonchev–Trinajstić information content (AvgIpc) is 2.97. The van der Waals surface area contributed by atoms with Crippen LogP contribution in [0.25, 0.3) is 10.2 Å². The normalized spacial score (nSPS) is 11.7. The Kier molecular flexibility index (Phi) is 5.66. The van der Waals surface area contributed by atoms with Crippen molar-refractivity contribution in [1.82, 2.24) is 4.57 Å². The Morgan fingerprint density at radius 3 is 2.36 bits per heavy atom. The SMILES string of the molecule is CCCn1c(=NC(=O)c2cc([N+](=O)[O-])cc([N+](=O)[O-])c2)sc2cc(Br)ccc21. The van der Waals surface area contributed by atoms with E-state index in [1.807, 2.05) is 29.7 Å². The highest BCUT2D eigenvalue weighted by atomic mass is 79.9. The number of nitro groups is 2. The Labute approximate surface area is 170 Å². The minimum atomic E-state index is -0.780. The van der Waals surface area contributed by atoms with Crippen molar-refractivity contribution in [1.29, 1.82) is 0 Å². The topological polar surface area (TPSA) is 121 Å². The zero-order valence-corrected chi connectivity index (χ0v) is 16.9. The molecule has 0 saturated heterocycles. The molecule has 0 aliphatic carbocycles. The number of amides is 1. The Morgan fingerprint density at radius 1 is 1.14 bits per heavy atom. The first-order valence-electron chi connectivity index (χ1n) is 8.12. The van der Waals surface area contributed by atoms with Crippen molar-refractivity contribution in [3.8, 4) is 0 Å². The molecule has 0 N–H and O–H groups in total. The van der Waals surface area contributed by atoms with Gasteiger partial charge in [-0.05, 0) is 24.6 Å². The second kappa shape index (κ2) is 7.98. The lowest BCUT2D eigenvalue weighted by Crippen LogP contribution is -2.17. The summed E-state index contributed by atoms with van der Waals surface area (Å²) in [6.07, 6.45) is 0.811. The van der Waals surface area contributed by atoms with Crippen LogP contribution in [-0.2, 0) is 6.54 Å². The molecular weight excluding hydrogens is 452 g/mol. The van der Waals surface area contributed by atoms with Crippen molar-refractivity contribution in [2.75, 3.05) is 0 Å². The summed E-state index contributed by atoms with van der Waals surface area (Å²) in [5, 5.41) is 22.1. The van der Waals surface area contributed by atoms with E-state index in [0.29, 0.717) is 11.3 Å². The maximum atomic E-state index is 12.6. The van der Waals surface area contributed by atoms with Gasteiger partial charge in [0, 0.05) is 23.2 Å². The van der Waals surface area contributed by atoms with Crippen LogP contribution in [0.4, 0.5) is 11.4 Å². The average molecular weight is 465 g/mol. The van der Waals surface area contributed by atoms with Crippen LogP contribution in [0, 0.1) is 20.2 Å².